The van der Waals surface area contributed by atoms with E-state index in [-0.39, 0.29) is 17.1 Å². The van der Waals surface area contributed by atoms with Crippen LogP contribution in [0.4, 0.5) is 15.8 Å². The molecule has 1 aromatic carbocycles. The lowest BCUT2D eigenvalue weighted by molar-refractivity contribution is -0.385. The van der Waals surface area contributed by atoms with Crippen LogP contribution in [0.1, 0.15) is 6.42 Å². The SMILES string of the molecule is COc1cc(NCCCn2ccnc2)c(F)cc1[N+](=O)[O-]. The first-order chi connectivity index (χ1) is 10.1. The number of imidazole rings is 1. The number of benzene rings is 1. The lowest BCUT2D eigenvalue weighted by Gasteiger charge is -2.10. The first-order valence-electron chi connectivity index (χ1n) is 6.33. The van der Waals surface area contributed by atoms with Gasteiger partial charge < -0.3 is 14.6 Å². The molecule has 1 heterocycles. The fraction of sp³-hybridized carbons (Fsp3) is 0.308. The minimum atomic E-state index is -0.676. The molecule has 0 aliphatic rings. The summed E-state index contributed by atoms with van der Waals surface area (Å²) in [6, 6.07) is 2.15. The third kappa shape index (κ3) is 3.68. The van der Waals surface area contributed by atoms with Crippen LogP contribution in [0, 0.1) is 15.9 Å². The largest absolute Gasteiger partial charge is 0.490 e. The fourth-order valence-corrected chi connectivity index (χ4v) is 1.89. The average Bonchev–Trinajstić information content (AvgIpc) is 2.97. The van der Waals surface area contributed by atoms with Gasteiger partial charge in [0.2, 0.25) is 0 Å². The van der Waals surface area contributed by atoms with E-state index in [1.54, 1.807) is 12.5 Å². The van der Waals surface area contributed by atoms with Crippen molar-refractivity contribution in [1.82, 2.24) is 9.55 Å². The Bertz CT molecular complexity index is 616. The molecule has 1 aromatic heterocycles. The van der Waals surface area contributed by atoms with E-state index < -0.39 is 10.7 Å². The van der Waals surface area contributed by atoms with Gasteiger partial charge in [-0.25, -0.2) is 9.37 Å². The number of nitrogens with one attached hydrogen (secondary N) is 1. The summed E-state index contributed by atoms with van der Waals surface area (Å²) in [5, 5.41) is 13.7. The van der Waals surface area contributed by atoms with Crippen LogP contribution in [0.3, 0.4) is 0 Å². The van der Waals surface area contributed by atoms with Gasteiger partial charge in [-0.1, -0.05) is 0 Å². The monoisotopic (exact) mass is 294 g/mol. The third-order valence-corrected chi connectivity index (χ3v) is 2.93. The van der Waals surface area contributed by atoms with Crippen molar-refractivity contribution in [2.24, 2.45) is 0 Å². The summed E-state index contributed by atoms with van der Waals surface area (Å²) in [6.07, 6.45) is 5.99. The van der Waals surface area contributed by atoms with Crippen molar-refractivity contribution < 1.29 is 14.1 Å². The van der Waals surface area contributed by atoms with Crippen LogP contribution in [0.2, 0.25) is 0 Å². The number of ether oxygens (including phenoxy) is 1. The molecule has 0 amide bonds. The Hall–Kier alpha value is -2.64. The Balaban J connectivity index is 1.98. The van der Waals surface area contributed by atoms with Crippen LogP contribution in [0.15, 0.2) is 30.9 Å². The van der Waals surface area contributed by atoms with E-state index in [1.807, 2.05) is 10.8 Å². The number of hydrogen-bond acceptors (Lipinski definition) is 5. The third-order valence-electron chi connectivity index (χ3n) is 2.93. The highest BCUT2D eigenvalue weighted by Crippen LogP contribution is 2.32. The molecule has 21 heavy (non-hydrogen) atoms. The minimum absolute atomic E-state index is 0.0264. The molecule has 0 radical (unpaired) electrons. The van der Waals surface area contributed by atoms with Crippen LogP contribution in [0.5, 0.6) is 5.75 Å². The maximum Gasteiger partial charge on any atom is 0.313 e. The number of nitro benzene ring substituents is 1. The van der Waals surface area contributed by atoms with Gasteiger partial charge in [-0.3, -0.25) is 10.1 Å². The van der Waals surface area contributed by atoms with Crippen molar-refractivity contribution in [3.63, 3.8) is 0 Å². The molecular weight excluding hydrogens is 279 g/mol. The summed E-state index contributed by atoms with van der Waals surface area (Å²) in [4.78, 5) is 14.0. The summed E-state index contributed by atoms with van der Waals surface area (Å²) in [6.45, 7) is 1.27. The highest BCUT2D eigenvalue weighted by molar-refractivity contribution is 5.59. The predicted molar refractivity (Wildman–Crippen MR) is 74.9 cm³/mol. The van der Waals surface area contributed by atoms with Gasteiger partial charge >= 0.3 is 5.69 Å². The number of hydrogen-bond donors (Lipinski definition) is 1. The van der Waals surface area contributed by atoms with Crippen molar-refractivity contribution >= 4 is 11.4 Å². The number of aryl methyl sites for hydroxylation is 1. The molecule has 0 aliphatic heterocycles. The van der Waals surface area contributed by atoms with E-state index >= 15 is 0 Å². The molecule has 2 aromatic rings. The molecule has 8 heteroatoms. The molecule has 0 atom stereocenters. The minimum Gasteiger partial charge on any atom is -0.490 e. The predicted octanol–water partition coefficient (Wildman–Crippen LogP) is 2.44. The first-order valence-corrected chi connectivity index (χ1v) is 6.33. The van der Waals surface area contributed by atoms with Crippen LogP contribution in [-0.4, -0.2) is 28.1 Å². The maximum atomic E-state index is 13.8. The Morgan fingerprint density at radius 1 is 1.52 bits per heavy atom. The number of nitrogens with zero attached hydrogens (tertiary/aromatic N) is 3. The van der Waals surface area contributed by atoms with Gasteiger partial charge in [0.05, 0.1) is 30.1 Å². The summed E-state index contributed by atoms with van der Waals surface area (Å²) in [5.41, 5.74) is -0.206. The number of aromatic nitrogens is 2. The van der Waals surface area contributed by atoms with Crippen LogP contribution in [-0.2, 0) is 6.54 Å². The molecular formula is C13H15FN4O3. The molecule has 0 saturated heterocycles. The topological polar surface area (TPSA) is 82.2 Å². The Morgan fingerprint density at radius 3 is 2.95 bits per heavy atom. The second-order valence-corrected chi connectivity index (χ2v) is 4.34. The lowest BCUT2D eigenvalue weighted by atomic mass is 10.2. The van der Waals surface area contributed by atoms with Crippen molar-refractivity contribution in [1.29, 1.82) is 0 Å². The van der Waals surface area contributed by atoms with Crippen LogP contribution < -0.4 is 10.1 Å². The van der Waals surface area contributed by atoms with Crippen molar-refractivity contribution in [3.8, 4) is 5.75 Å². The molecule has 0 bridgehead atoms. The molecule has 0 unspecified atom stereocenters. The summed E-state index contributed by atoms with van der Waals surface area (Å²) < 4.78 is 20.6. The van der Waals surface area contributed by atoms with Crippen LogP contribution in [0.25, 0.3) is 0 Å². The van der Waals surface area contributed by atoms with E-state index in [9.17, 15) is 14.5 Å². The van der Waals surface area contributed by atoms with E-state index in [4.69, 9.17) is 4.74 Å². The summed E-state index contributed by atoms with van der Waals surface area (Å²) >= 11 is 0. The molecule has 0 aliphatic carbocycles. The van der Waals surface area contributed by atoms with Gasteiger partial charge in [0.25, 0.3) is 0 Å². The van der Waals surface area contributed by atoms with E-state index in [0.29, 0.717) is 6.54 Å². The molecule has 7 nitrogen and oxygen atoms in total. The van der Waals surface area contributed by atoms with Crippen molar-refractivity contribution in [3.05, 3.63) is 46.8 Å². The summed E-state index contributed by atoms with van der Waals surface area (Å²) in [7, 11) is 1.31. The first kappa shape index (κ1) is 14.8. The van der Waals surface area contributed by atoms with Crippen molar-refractivity contribution in [2.75, 3.05) is 19.0 Å². The standard InChI is InChI=1S/C13H15FN4O3/c1-21-13-8-11(10(14)7-12(13)18(19)20)16-3-2-5-17-6-4-15-9-17/h4,6-9,16H,2-3,5H2,1H3. The van der Waals surface area contributed by atoms with Gasteiger partial charge in [-0.05, 0) is 6.42 Å². The quantitative estimate of drug-likeness (QED) is 0.482. The molecule has 0 fully saturated rings. The lowest BCUT2D eigenvalue weighted by Crippen LogP contribution is -2.07. The number of rotatable bonds is 7. The molecule has 1 N–H and O–H groups in total. The number of halogens is 1. The van der Waals surface area contributed by atoms with Gasteiger partial charge in [0.1, 0.15) is 0 Å². The van der Waals surface area contributed by atoms with E-state index in [0.717, 1.165) is 19.0 Å². The van der Waals surface area contributed by atoms with Crippen LogP contribution >= 0.6 is 0 Å². The van der Waals surface area contributed by atoms with Gasteiger partial charge in [-0.15, -0.1) is 0 Å². The van der Waals surface area contributed by atoms with E-state index in [2.05, 4.69) is 10.3 Å². The zero-order chi connectivity index (χ0) is 15.2. The number of nitro groups is 1. The molecule has 0 spiro atoms. The molecule has 2 rings (SSSR count). The molecule has 112 valence electrons. The van der Waals surface area contributed by atoms with E-state index in [1.165, 1.54) is 13.2 Å². The maximum absolute atomic E-state index is 13.8. The number of anilines is 1. The fourth-order valence-electron chi connectivity index (χ4n) is 1.89. The highest BCUT2D eigenvalue weighted by atomic mass is 19.1. The van der Waals surface area contributed by atoms with Gasteiger partial charge in [0.15, 0.2) is 11.6 Å². The smallest absolute Gasteiger partial charge is 0.313 e. The van der Waals surface area contributed by atoms with Crippen molar-refractivity contribution in [2.45, 2.75) is 13.0 Å². The second kappa shape index (κ2) is 6.69. The van der Waals surface area contributed by atoms with Gasteiger partial charge in [0, 0.05) is 31.5 Å². The average molecular weight is 294 g/mol. The highest BCUT2D eigenvalue weighted by Gasteiger charge is 2.18. The normalized spacial score (nSPS) is 10.4. The zero-order valence-corrected chi connectivity index (χ0v) is 11.5. The Labute approximate surface area is 120 Å². The summed E-state index contributed by atoms with van der Waals surface area (Å²) in [5.74, 6) is -0.649. The Kier molecular flexibility index (Phi) is 4.70. The second-order valence-electron chi connectivity index (χ2n) is 4.34. The molecule has 0 saturated carbocycles. The van der Waals surface area contributed by atoms with Gasteiger partial charge in [-0.2, -0.15) is 0 Å². The Morgan fingerprint density at radius 2 is 2.33 bits per heavy atom. The zero-order valence-electron chi connectivity index (χ0n) is 11.5. The number of methoxy groups -OCH3 is 1.